The van der Waals surface area contributed by atoms with E-state index >= 15 is 0 Å². The van der Waals surface area contributed by atoms with E-state index in [9.17, 15) is 0 Å². The first-order valence-electron chi connectivity index (χ1n) is 6.99. The molecule has 0 amide bonds. The Morgan fingerprint density at radius 3 is 2.63 bits per heavy atom. The highest BCUT2D eigenvalue weighted by Crippen LogP contribution is 2.32. The molecule has 1 aromatic carbocycles. The fraction of sp³-hybridized carbons (Fsp3) is 0.500. The topological polar surface area (TPSA) is 39.8 Å². The number of benzene rings is 1. The average Bonchev–Trinajstić information content (AvgIpc) is 2.71. The van der Waals surface area contributed by atoms with Crippen LogP contribution in [0.3, 0.4) is 0 Å². The lowest BCUT2D eigenvalue weighted by Gasteiger charge is -2.26. The molecule has 0 saturated heterocycles. The normalized spacial score (nSPS) is 12.2. The highest BCUT2D eigenvalue weighted by molar-refractivity contribution is 5.85. The second-order valence-electron chi connectivity index (χ2n) is 5.83. The highest BCUT2D eigenvalue weighted by Gasteiger charge is 2.25. The lowest BCUT2D eigenvalue weighted by atomic mass is 9.82. The van der Waals surface area contributed by atoms with Crippen LogP contribution in [0.15, 0.2) is 24.3 Å². The molecule has 2 aromatic rings. The molecule has 0 aliphatic heterocycles. The zero-order valence-electron chi connectivity index (χ0n) is 12.4. The van der Waals surface area contributed by atoms with Gasteiger partial charge in [0.15, 0.2) is 0 Å². The van der Waals surface area contributed by atoms with Gasteiger partial charge < -0.3 is 15.6 Å². The summed E-state index contributed by atoms with van der Waals surface area (Å²) in [6, 6.07) is 8.56. The molecule has 1 heterocycles. The maximum Gasteiger partial charge on any atom is 0.0459 e. The summed E-state index contributed by atoms with van der Waals surface area (Å²) < 4.78 is 0. The molecule has 0 aliphatic carbocycles. The number of H-pyrrole nitrogens is 1. The van der Waals surface area contributed by atoms with Gasteiger partial charge >= 0.3 is 0 Å². The Hall–Kier alpha value is -1.32. The van der Waals surface area contributed by atoms with Crippen molar-refractivity contribution >= 4 is 10.9 Å². The van der Waals surface area contributed by atoms with E-state index in [1.165, 1.54) is 22.2 Å². The molecule has 2 rings (SSSR count). The van der Waals surface area contributed by atoms with Gasteiger partial charge in [-0.15, -0.1) is 0 Å². The minimum absolute atomic E-state index is 0.122. The molecule has 104 valence electrons. The minimum atomic E-state index is 0.122. The first kappa shape index (κ1) is 14.1. The maximum atomic E-state index is 3.53. The molecular formula is C16H25N3. The Bertz CT molecular complexity index is 540. The molecule has 1 aromatic heterocycles. The zero-order valence-corrected chi connectivity index (χ0v) is 12.4. The Labute approximate surface area is 115 Å². The van der Waals surface area contributed by atoms with Crippen LogP contribution in [0.5, 0.6) is 0 Å². The summed E-state index contributed by atoms with van der Waals surface area (Å²) in [6.07, 6.45) is 0. The molecule has 3 nitrogen and oxygen atoms in total. The van der Waals surface area contributed by atoms with Crippen molar-refractivity contribution in [2.45, 2.75) is 26.2 Å². The van der Waals surface area contributed by atoms with Crippen molar-refractivity contribution in [3.8, 4) is 0 Å². The van der Waals surface area contributed by atoms with Crippen LogP contribution in [0.25, 0.3) is 10.9 Å². The number of aromatic amines is 1. The SMILES string of the molecule is CNCCNCC(C)(C)c1c(C)[nH]c2ccccc12. The molecule has 0 spiro atoms. The molecule has 3 heteroatoms. The largest absolute Gasteiger partial charge is 0.358 e. The molecule has 0 atom stereocenters. The third-order valence-electron chi connectivity index (χ3n) is 3.69. The summed E-state index contributed by atoms with van der Waals surface area (Å²) in [7, 11) is 1.98. The van der Waals surface area contributed by atoms with Crippen molar-refractivity contribution < 1.29 is 0 Å². The molecule has 0 bridgehead atoms. The van der Waals surface area contributed by atoms with Gasteiger partial charge in [-0.25, -0.2) is 0 Å². The van der Waals surface area contributed by atoms with Crippen LogP contribution < -0.4 is 10.6 Å². The number of hydrogen-bond acceptors (Lipinski definition) is 2. The van der Waals surface area contributed by atoms with Crippen molar-refractivity contribution in [1.82, 2.24) is 15.6 Å². The summed E-state index contributed by atoms with van der Waals surface area (Å²) in [5.74, 6) is 0. The van der Waals surface area contributed by atoms with Crippen molar-refractivity contribution in [3.05, 3.63) is 35.5 Å². The molecular weight excluding hydrogens is 234 g/mol. The van der Waals surface area contributed by atoms with Crippen LogP contribution >= 0.6 is 0 Å². The quantitative estimate of drug-likeness (QED) is 0.698. The number of likely N-dealkylation sites (N-methyl/N-ethyl adjacent to an activating group) is 1. The van der Waals surface area contributed by atoms with Gasteiger partial charge in [0.1, 0.15) is 0 Å². The van der Waals surface area contributed by atoms with Crippen molar-refractivity contribution in [3.63, 3.8) is 0 Å². The van der Waals surface area contributed by atoms with Crippen LogP contribution in [0.4, 0.5) is 0 Å². The fourth-order valence-electron chi connectivity index (χ4n) is 2.85. The van der Waals surface area contributed by atoms with E-state index in [-0.39, 0.29) is 5.41 Å². The number of rotatable bonds is 6. The number of para-hydroxylation sites is 1. The van der Waals surface area contributed by atoms with E-state index in [1.807, 2.05) is 7.05 Å². The van der Waals surface area contributed by atoms with Crippen molar-refractivity contribution in [2.75, 3.05) is 26.7 Å². The minimum Gasteiger partial charge on any atom is -0.358 e. The summed E-state index contributed by atoms with van der Waals surface area (Å²) in [5, 5.41) is 8.04. The summed E-state index contributed by atoms with van der Waals surface area (Å²) >= 11 is 0. The van der Waals surface area contributed by atoms with Gasteiger partial charge in [-0.3, -0.25) is 0 Å². The number of nitrogens with one attached hydrogen (secondary N) is 3. The number of fused-ring (bicyclic) bond motifs is 1. The molecule has 0 unspecified atom stereocenters. The average molecular weight is 259 g/mol. The Kier molecular flexibility index (Phi) is 4.27. The lowest BCUT2D eigenvalue weighted by Crippen LogP contribution is -2.36. The Morgan fingerprint density at radius 1 is 1.16 bits per heavy atom. The molecule has 0 aliphatic rings. The van der Waals surface area contributed by atoms with Crippen LogP contribution in [0.1, 0.15) is 25.1 Å². The van der Waals surface area contributed by atoms with Gasteiger partial charge in [0.25, 0.3) is 0 Å². The summed E-state index contributed by atoms with van der Waals surface area (Å²) in [6.45, 7) is 9.77. The third-order valence-corrected chi connectivity index (χ3v) is 3.69. The van der Waals surface area contributed by atoms with Gasteiger partial charge in [0, 0.05) is 41.6 Å². The molecule has 19 heavy (non-hydrogen) atoms. The molecule has 0 fully saturated rings. The molecule has 0 radical (unpaired) electrons. The smallest absolute Gasteiger partial charge is 0.0459 e. The first-order valence-corrected chi connectivity index (χ1v) is 6.99. The van der Waals surface area contributed by atoms with Crippen LogP contribution in [0.2, 0.25) is 0 Å². The van der Waals surface area contributed by atoms with Crippen LogP contribution in [-0.2, 0) is 5.41 Å². The maximum absolute atomic E-state index is 3.53. The van der Waals surface area contributed by atoms with Gasteiger partial charge in [-0.05, 0) is 25.6 Å². The van der Waals surface area contributed by atoms with Crippen molar-refractivity contribution in [2.24, 2.45) is 0 Å². The zero-order chi connectivity index (χ0) is 13.9. The van der Waals surface area contributed by atoms with Crippen LogP contribution in [-0.4, -0.2) is 31.7 Å². The predicted molar refractivity (Wildman–Crippen MR) is 82.9 cm³/mol. The number of aromatic nitrogens is 1. The van der Waals surface area contributed by atoms with E-state index in [2.05, 4.69) is 60.7 Å². The standard InChI is InChI=1S/C16H25N3/c1-12-15(13-7-5-6-8-14(13)19-12)16(2,3)11-18-10-9-17-4/h5-8,17-19H,9-11H2,1-4H3. The van der Waals surface area contributed by atoms with E-state index in [0.29, 0.717) is 0 Å². The third kappa shape index (κ3) is 2.99. The lowest BCUT2D eigenvalue weighted by molar-refractivity contribution is 0.469. The first-order chi connectivity index (χ1) is 9.06. The van der Waals surface area contributed by atoms with Crippen LogP contribution in [0, 0.1) is 6.92 Å². The summed E-state index contributed by atoms with van der Waals surface area (Å²) in [4.78, 5) is 3.49. The van der Waals surface area contributed by atoms with Gasteiger partial charge in [-0.2, -0.15) is 0 Å². The number of aryl methyl sites for hydroxylation is 1. The fourth-order valence-corrected chi connectivity index (χ4v) is 2.85. The summed E-state index contributed by atoms with van der Waals surface area (Å²) in [5.41, 5.74) is 4.07. The van der Waals surface area contributed by atoms with Gasteiger partial charge in [0.05, 0.1) is 0 Å². The second-order valence-corrected chi connectivity index (χ2v) is 5.83. The Balaban J connectivity index is 2.24. The van der Waals surface area contributed by atoms with E-state index < -0.39 is 0 Å². The molecule has 3 N–H and O–H groups in total. The Morgan fingerprint density at radius 2 is 1.89 bits per heavy atom. The monoisotopic (exact) mass is 259 g/mol. The van der Waals surface area contributed by atoms with E-state index in [4.69, 9.17) is 0 Å². The molecule has 0 saturated carbocycles. The number of hydrogen-bond donors (Lipinski definition) is 3. The van der Waals surface area contributed by atoms with Gasteiger partial charge in [0.2, 0.25) is 0 Å². The van der Waals surface area contributed by atoms with E-state index in [0.717, 1.165) is 19.6 Å². The van der Waals surface area contributed by atoms with E-state index in [1.54, 1.807) is 0 Å². The highest BCUT2D eigenvalue weighted by atomic mass is 14.9. The predicted octanol–water partition coefficient (Wildman–Crippen LogP) is 2.56. The van der Waals surface area contributed by atoms with Gasteiger partial charge in [-0.1, -0.05) is 32.0 Å². The van der Waals surface area contributed by atoms with Crippen molar-refractivity contribution in [1.29, 1.82) is 0 Å². The second kappa shape index (κ2) is 5.76.